The molecule has 4 aromatic heterocycles. The van der Waals surface area contributed by atoms with Crippen molar-refractivity contribution in [2.75, 3.05) is 11.1 Å². The summed E-state index contributed by atoms with van der Waals surface area (Å²) in [7, 11) is 0. The number of fused-ring (bicyclic) bond motifs is 1. The van der Waals surface area contributed by atoms with Crippen LogP contribution < -0.4 is 11.1 Å². The van der Waals surface area contributed by atoms with E-state index in [4.69, 9.17) is 10.2 Å². The van der Waals surface area contributed by atoms with Gasteiger partial charge in [0.25, 0.3) is 0 Å². The SMILES string of the molecule is Cc1nc(NC(C)c2cncc(-c3cncc(N)c3)c2)cc(-c2ccc3occ(C)c3c2)n1. The molecule has 0 saturated heterocycles. The molecule has 1 atom stereocenters. The summed E-state index contributed by atoms with van der Waals surface area (Å²) >= 11 is 0. The highest BCUT2D eigenvalue weighted by molar-refractivity contribution is 5.85. The Morgan fingerprint density at radius 1 is 0.879 bits per heavy atom. The van der Waals surface area contributed by atoms with Gasteiger partial charge < -0.3 is 15.5 Å². The number of hydrogen-bond acceptors (Lipinski definition) is 7. The lowest BCUT2D eigenvalue weighted by atomic mass is 10.0. The minimum atomic E-state index is -0.0211. The molecule has 0 bridgehead atoms. The fourth-order valence-corrected chi connectivity index (χ4v) is 3.88. The van der Waals surface area contributed by atoms with Crippen LogP contribution in [0.25, 0.3) is 33.4 Å². The van der Waals surface area contributed by atoms with Gasteiger partial charge in [-0.05, 0) is 62.2 Å². The number of nitrogens with two attached hydrogens (primary N) is 1. The standard InChI is InChI=1S/C26H24N6O/c1-15-14-33-25-5-4-18(8-23(15)25)24-9-26(32-17(3)31-24)30-16(2)19-6-20(11-28-10-19)21-7-22(27)13-29-12-21/h4-14,16H,27H2,1-3H3,(H,30,31,32). The Bertz CT molecular complexity index is 1460. The largest absolute Gasteiger partial charge is 0.464 e. The second-order valence-electron chi connectivity index (χ2n) is 8.20. The zero-order chi connectivity index (χ0) is 22.9. The van der Waals surface area contributed by atoms with Crippen LogP contribution in [0.1, 0.15) is 29.9 Å². The lowest BCUT2D eigenvalue weighted by Gasteiger charge is -2.16. The summed E-state index contributed by atoms with van der Waals surface area (Å²) in [6, 6.07) is 12.0. The summed E-state index contributed by atoms with van der Waals surface area (Å²) in [5.41, 5.74) is 13.3. The Balaban J connectivity index is 1.43. The van der Waals surface area contributed by atoms with E-state index in [1.165, 1.54) is 0 Å². The first-order valence-corrected chi connectivity index (χ1v) is 10.7. The van der Waals surface area contributed by atoms with Gasteiger partial charge in [0.05, 0.1) is 23.7 Å². The number of furan rings is 1. The summed E-state index contributed by atoms with van der Waals surface area (Å²) in [6.45, 7) is 6.02. The highest BCUT2D eigenvalue weighted by Gasteiger charge is 2.12. The first kappa shape index (κ1) is 20.6. The number of aryl methyl sites for hydroxylation is 2. The van der Waals surface area contributed by atoms with E-state index in [-0.39, 0.29) is 6.04 Å². The molecule has 0 spiro atoms. The average molecular weight is 437 g/mol. The average Bonchev–Trinajstić information content (AvgIpc) is 3.19. The number of nitrogens with one attached hydrogen (secondary N) is 1. The van der Waals surface area contributed by atoms with Gasteiger partial charge in [-0.2, -0.15) is 0 Å². The van der Waals surface area contributed by atoms with Gasteiger partial charge in [0.2, 0.25) is 0 Å². The van der Waals surface area contributed by atoms with Crippen LogP contribution in [-0.2, 0) is 0 Å². The van der Waals surface area contributed by atoms with Crippen LogP contribution in [0.3, 0.4) is 0 Å². The van der Waals surface area contributed by atoms with E-state index in [1.807, 2.05) is 50.5 Å². The molecule has 7 heteroatoms. The van der Waals surface area contributed by atoms with Gasteiger partial charge in [-0.25, -0.2) is 9.97 Å². The second kappa shape index (κ2) is 8.35. The zero-order valence-corrected chi connectivity index (χ0v) is 18.7. The molecule has 0 saturated carbocycles. The summed E-state index contributed by atoms with van der Waals surface area (Å²) in [4.78, 5) is 17.9. The molecule has 4 heterocycles. The third-order valence-corrected chi connectivity index (χ3v) is 5.62. The predicted octanol–water partition coefficient (Wildman–Crippen LogP) is 5.72. The number of anilines is 2. The molecule has 164 valence electrons. The number of benzene rings is 1. The highest BCUT2D eigenvalue weighted by Crippen LogP contribution is 2.29. The van der Waals surface area contributed by atoms with Crippen LogP contribution >= 0.6 is 0 Å². The molecule has 0 aliphatic carbocycles. The first-order chi connectivity index (χ1) is 16.0. The van der Waals surface area contributed by atoms with Crippen molar-refractivity contribution in [3.8, 4) is 22.4 Å². The van der Waals surface area contributed by atoms with E-state index >= 15 is 0 Å². The number of aromatic nitrogens is 4. The Labute approximate surface area is 191 Å². The number of nitrogen functional groups attached to an aromatic ring is 1. The summed E-state index contributed by atoms with van der Waals surface area (Å²) in [5, 5.41) is 4.58. The molecule has 0 aliphatic rings. The minimum Gasteiger partial charge on any atom is -0.464 e. The van der Waals surface area contributed by atoms with Crippen molar-refractivity contribution in [1.82, 2.24) is 19.9 Å². The van der Waals surface area contributed by atoms with Crippen LogP contribution in [-0.4, -0.2) is 19.9 Å². The first-order valence-electron chi connectivity index (χ1n) is 10.7. The predicted molar refractivity (Wildman–Crippen MR) is 131 cm³/mol. The number of nitrogens with zero attached hydrogens (tertiary/aromatic N) is 4. The molecule has 7 nitrogen and oxygen atoms in total. The topological polar surface area (TPSA) is 103 Å². The van der Waals surface area contributed by atoms with Crippen molar-refractivity contribution in [3.05, 3.63) is 84.4 Å². The maximum absolute atomic E-state index is 5.89. The lowest BCUT2D eigenvalue weighted by molar-refractivity contribution is 0.613. The van der Waals surface area contributed by atoms with Crippen molar-refractivity contribution in [1.29, 1.82) is 0 Å². The van der Waals surface area contributed by atoms with Crippen LogP contribution in [0, 0.1) is 13.8 Å². The normalized spacial score (nSPS) is 12.1. The molecule has 33 heavy (non-hydrogen) atoms. The molecule has 0 fully saturated rings. The maximum Gasteiger partial charge on any atom is 0.134 e. The van der Waals surface area contributed by atoms with E-state index < -0.39 is 0 Å². The van der Waals surface area contributed by atoms with Gasteiger partial charge >= 0.3 is 0 Å². The molecule has 3 N–H and O–H groups in total. The molecular weight excluding hydrogens is 412 g/mol. The van der Waals surface area contributed by atoms with Gasteiger partial charge in [0.1, 0.15) is 17.2 Å². The van der Waals surface area contributed by atoms with Crippen molar-refractivity contribution in [2.24, 2.45) is 0 Å². The van der Waals surface area contributed by atoms with Crippen LogP contribution in [0.4, 0.5) is 11.5 Å². The molecule has 1 unspecified atom stereocenters. The minimum absolute atomic E-state index is 0.0211. The maximum atomic E-state index is 5.89. The van der Waals surface area contributed by atoms with E-state index in [2.05, 4.69) is 44.3 Å². The number of hydrogen-bond donors (Lipinski definition) is 2. The van der Waals surface area contributed by atoms with E-state index in [9.17, 15) is 0 Å². The fourth-order valence-electron chi connectivity index (χ4n) is 3.88. The van der Waals surface area contributed by atoms with Crippen LogP contribution in [0.15, 0.2) is 71.9 Å². The third-order valence-electron chi connectivity index (χ3n) is 5.62. The van der Waals surface area contributed by atoms with Crippen molar-refractivity contribution < 1.29 is 4.42 Å². The molecule has 0 aliphatic heterocycles. The van der Waals surface area contributed by atoms with Crippen molar-refractivity contribution in [2.45, 2.75) is 26.8 Å². The smallest absolute Gasteiger partial charge is 0.134 e. The van der Waals surface area contributed by atoms with Crippen LogP contribution in [0.2, 0.25) is 0 Å². The fraction of sp³-hybridized carbons (Fsp3) is 0.154. The van der Waals surface area contributed by atoms with E-state index in [0.717, 1.165) is 50.3 Å². The van der Waals surface area contributed by atoms with Gasteiger partial charge in [-0.1, -0.05) is 0 Å². The second-order valence-corrected chi connectivity index (χ2v) is 8.20. The number of rotatable bonds is 5. The molecule has 0 amide bonds. The van der Waals surface area contributed by atoms with E-state index in [1.54, 1.807) is 18.7 Å². The molecule has 0 radical (unpaired) electrons. The quantitative estimate of drug-likeness (QED) is 0.363. The van der Waals surface area contributed by atoms with Crippen molar-refractivity contribution in [3.63, 3.8) is 0 Å². The Morgan fingerprint density at radius 2 is 1.67 bits per heavy atom. The molecule has 1 aromatic carbocycles. The van der Waals surface area contributed by atoms with Gasteiger partial charge in [0, 0.05) is 52.9 Å². The zero-order valence-electron chi connectivity index (χ0n) is 18.7. The number of pyridine rings is 2. The third kappa shape index (κ3) is 4.25. The molecule has 5 rings (SSSR count). The Kier molecular flexibility index (Phi) is 5.22. The van der Waals surface area contributed by atoms with Gasteiger partial charge in [-0.3, -0.25) is 9.97 Å². The highest BCUT2D eigenvalue weighted by atomic mass is 16.3. The van der Waals surface area contributed by atoms with Crippen molar-refractivity contribution >= 4 is 22.5 Å². The summed E-state index contributed by atoms with van der Waals surface area (Å²) in [5.74, 6) is 1.45. The van der Waals surface area contributed by atoms with E-state index in [0.29, 0.717) is 11.5 Å². The Morgan fingerprint density at radius 3 is 2.48 bits per heavy atom. The lowest BCUT2D eigenvalue weighted by Crippen LogP contribution is -2.09. The summed E-state index contributed by atoms with van der Waals surface area (Å²) in [6.07, 6.45) is 8.86. The van der Waals surface area contributed by atoms with Gasteiger partial charge in [-0.15, -0.1) is 0 Å². The monoisotopic (exact) mass is 436 g/mol. The molecule has 5 aromatic rings. The van der Waals surface area contributed by atoms with Crippen LogP contribution in [0.5, 0.6) is 0 Å². The Hall–Kier alpha value is -4.26. The molecular formula is C26H24N6O. The summed E-state index contributed by atoms with van der Waals surface area (Å²) < 4.78 is 5.57. The van der Waals surface area contributed by atoms with Gasteiger partial charge in [0.15, 0.2) is 0 Å².